The molecule has 4 heteroatoms. The van der Waals surface area contributed by atoms with Crippen molar-refractivity contribution < 1.29 is 0 Å². The number of hydrogen-bond acceptors (Lipinski definition) is 3. The van der Waals surface area contributed by atoms with Gasteiger partial charge >= 0.3 is 0 Å². The van der Waals surface area contributed by atoms with E-state index in [-0.39, 0.29) is 0 Å². The molecule has 0 saturated heterocycles. The minimum Gasteiger partial charge on any atom is -0.278 e. The van der Waals surface area contributed by atoms with Gasteiger partial charge in [-0.2, -0.15) is 5.10 Å². The Bertz CT molecular complexity index is 773. The van der Waals surface area contributed by atoms with Gasteiger partial charge in [0.1, 0.15) is 0 Å². The smallest absolute Gasteiger partial charge is 0.0979 e. The molecule has 0 atom stereocenters. The Balaban J connectivity index is 2.00. The predicted octanol–water partition coefficient (Wildman–Crippen LogP) is 4.91. The Kier molecular flexibility index (Phi) is 4.69. The number of rotatable bonds is 4. The maximum atomic E-state index is 6.17. The zero-order chi connectivity index (χ0) is 16.1. The number of anilines is 1. The van der Waals surface area contributed by atoms with E-state index < -0.39 is 0 Å². The van der Waals surface area contributed by atoms with Crippen LogP contribution in [0.4, 0.5) is 5.69 Å². The van der Waals surface area contributed by atoms with Crippen LogP contribution in [-0.2, 0) is 0 Å². The van der Waals surface area contributed by atoms with E-state index in [0.29, 0.717) is 0 Å². The maximum absolute atomic E-state index is 6.17. The SMILES string of the molecule is Cc1c(Cl)cccc1N/N=C(/c1ccccc1)c1ccncc1. The van der Waals surface area contributed by atoms with Crippen LogP contribution in [0.25, 0.3) is 0 Å². The van der Waals surface area contributed by atoms with Crippen LogP contribution in [0.15, 0.2) is 78.2 Å². The van der Waals surface area contributed by atoms with Crippen LogP contribution in [0.3, 0.4) is 0 Å². The van der Waals surface area contributed by atoms with Gasteiger partial charge in [-0.05, 0) is 36.8 Å². The molecule has 3 aromatic rings. The van der Waals surface area contributed by atoms with Gasteiger partial charge in [0.2, 0.25) is 0 Å². The van der Waals surface area contributed by atoms with Crippen molar-refractivity contribution in [2.75, 3.05) is 5.43 Å². The van der Waals surface area contributed by atoms with E-state index in [9.17, 15) is 0 Å². The summed E-state index contributed by atoms with van der Waals surface area (Å²) in [6.45, 7) is 1.97. The molecule has 1 aromatic heterocycles. The minimum atomic E-state index is 0.718. The summed E-state index contributed by atoms with van der Waals surface area (Å²) in [5.74, 6) is 0. The molecule has 23 heavy (non-hydrogen) atoms. The lowest BCUT2D eigenvalue weighted by Gasteiger charge is -2.10. The standard InChI is InChI=1S/C19H16ClN3/c1-14-17(20)8-5-9-18(14)22-23-19(15-6-3-2-4-7-15)16-10-12-21-13-11-16/h2-13,22H,1H3/b23-19-. The van der Waals surface area contributed by atoms with Gasteiger partial charge < -0.3 is 0 Å². The predicted molar refractivity (Wildman–Crippen MR) is 96.1 cm³/mol. The molecule has 0 bridgehead atoms. The van der Waals surface area contributed by atoms with Crippen LogP contribution in [0.5, 0.6) is 0 Å². The van der Waals surface area contributed by atoms with Crippen LogP contribution < -0.4 is 5.43 Å². The summed E-state index contributed by atoms with van der Waals surface area (Å²) in [5, 5.41) is 5.33. The quantitative estimate of drug-likeness (QED) is 0.547. The fourth-order valence-electron chi connectivity index (χ4n) is 2.25. The van der Waals surface area contributed by atoms with E-state index in [1.54, 1.807) is 12.4 Å². The van der Waals surface area contributed by atoms with Gasteiger partial charge in [0.15, 0.2) is 0 Å². The number of pyridine rings is 1. The average molecular weight is 322 g/mol. The fourth-order valence-corrected chi connectivity index (χ4v) is 2.42. The Labute approximate surface area is 140 Å². The van der Waals surface area contributed by atoms with Crippen molar-refractivity contribution in [1.82, 2.24) is 4.98 Å². The molecular formula is C19H16ClN3. The number of nitrogens with zero attached hydrogens (tertiary/aromatic N) is 2. The zero-order valence-electron chi connectivity index (χ0n) is 12.7. The zero-order valence-corrected chi connectivity index (χ0v) is 13.5. The highest BCUT2D eigenvalue weighted by molar-refractivity contribution is 6.31. The molecule has 3 nitrogen and oxygen atoms in total. The van der Waals surface area contributed by atoms with E-state index in [1.807, 2.05) is 67.6 Å². The lowest BCUT2D eigenvalue weighted by Crippen LogP contribution is -2.07. The van der Waals surface area contributed by atoms with Crippen molar-refractivity contribution in [3.05, 3.63) is 94.8 Å². The third kappa shape index (κ3) is 3.58. The van der Waals surface area contributed by atoms with Crippen molar-refractivity contribution in [3.63, 3.8) is 0 Å². The molecule has 2 aromatic carbocycles. The third-order valence-electron chi connectivity index (χ3n) is 3.56. The molecule has 114 valence electrons. The molecule has 0 amide bonds. The summed E-state index contributed by atoms with van der Waals surface area (Å²) < 4.78 is 0. The van der Waals surface area contributed by atoms with E-state index in [0.717, 1.165) is 33.1 Å². The number of hydrogen-bond donors (Lipinski definition) is 1. The van der Waals surface area contributed by atoms with Gasteiger partial charge in [0.05, 0.1) is 11.4 Å². The largest absolute Gasteiger partial charge is 0.278 e. The first-order valence-electron chi connectivity index (χ1n) is 7.30. The monoisotopic (exact) mass is 321 g/mol. The summed E-state index contributed by atoms with van der Waals surface area (Å²) in [7, 11) is 0. The molecular weight excluding hydrogens is 306 g/mol. The van der Waals surface area contributed by atoms with Gasteiger partial charge in [-0.1, -0.05) is 48.0 Å². The molecule has 0 unspecified atom stereocenters. The highest BCUT2D eigenvalue weighted by Gasteiger charge is 2.07. The van der Waals surface area contributed by atoms with E-state index in [1.165, 1.54) is 0 Å². The Morgan fingerprint density at radius 3 is 2.35 bits per heavy atom. The van der Waals surface area contributed by atoms with Gasteiger partial charge in [-0.3, -0.25) is 10.4 Å². The van der Waals surface area contributed by atoms with Crippen LogP contribution in [-0.4, -0.2) is 10.7 Å². The third-order valence-corrected chi connectivity index (χ3v) is 3.97. The first kappa shape index (κ1) is 15.3. The number of benzene rings is 2. The Morgan fingerprint density at radius 2 is 1.61 bits per heavy atom. The minimum absolute atomic E-state index is 0.718. The summed E-state index contributed by atoms with van der Waals surface area (Å²) in [6, 6.07) is 19.7. The van der Waals surface area contributed by atoms with Crippen LogP contribution >= 0.6 is 11.6 Å². The second-order valence-corrected chi connectivity index (χ2v) is 5.49. The Hall–Kier alpha value is -2.65. The average Bonchev–Trinajstić information content (AvgIpc) is 2.60. The van der Waals surface area contributed by atoms with Crippen molar-refractivity contribution in [2.45, 2.75) is 6.92 Å². The lowest BCUT2D eigenvalue weighted by atomic mass is 10.0. The van der Waals surface area contributed by atoms with Crippen LogP contribution in [0.2, 0.25) is 5.02 Å². The van der Waals surface area contributed by atoms with Gasteiger partial charge in [-0.15, -0.1) is 0 Å². The van der Waals surface area contributed by atoms with Crippen LogP contribution in [0.1, 0.15) is 16.7 Å². The second kappa shape index (κ2) is 7.07. The summed E-state index contributed by atoms with van der Waals surface area (Å²) in [4.78, 5) is 4.07. The molecule has 1 N–H and O–H groups in total. The molecule has 0 spiro atoms. The molecule has 0 radical (unpaired) electrons. The van der Waals surface area contributed by atoms with Crippen molar-refractivity contribution in [3.8, 4) is 0 Å². The van der Waals surface area contributed by atoms with Gasteiger partial charge in [0, 0.05) is 28.5 Å². The molecule has 0 aliphatic carbocycles. The number of halogens is 1. The first-order valence-corrected chi connectivity index (χ1v) is 7.68. The van der Waals surface area contributed by atoms with Crippen LogP contribution in [0, 0.1) is 6.92 Å². The fraction of sp³-hybridized carbons (Fsp3) is 0.0526. The summed E-state index contributed by atoms with van der Waals surface area (Å²) in [6.07, 6.45) is 3.52. The van der Waals surface area contributed by atoms with E-state index in [4.69, 9.17) is 11.6 Å². The normalized spacial score (nSPS) is 11.3. The van der Waals surface area contributed by atoms with E-state index >= 15 is 0 Å². The first-order chi connectivity index (χ1) is 11.3. The molecule has 0 aliphatic rings. The maximum Gasteiger partial charge on any atom is 0.0979 e. The van der Waals surface area contributed by atoms with Gasteiger partial charge in [0.25, 0.3) is 0 Å². The molecule has 3 rings (SSSR count). The number of nitrogens with one attached hydrogen (secondary N) is 1. The highest BCUT2D eigenvalue weighted by Crippen LogP contribution is 2.23. The lowest BCUT2D eigenvalue weighted by molar-refractivity contribution is 1.28. The summed E-state index contributed by atoms with van der Waals surface area (Å²) in [5.41, 5.74) is 7.88. The van der Waals surface area contributed by atoms with E-state index in [2.05, 4.69) is 15.5 Å². The molecule has 1 heterocycles. The van der Waals surface area contributed by atoms with Crippen molar-refractivity contribution in [1.29, 1.82) is 0 Å². The number of hydrazone groups is 1. The molecule has 0 fully saturated rings. The number of aromatic nitrogens is 1. The Morgan fingerprint density at radius 1 is 0.913 bits per heavy atom. The highest BCUT2D eigenvalue weighted by atomic mass is 35.5. The van der Waals surface area contributed by atoms with Gasteiger partial charge in [-0.25, -0.2) is 0 Å². The molecule has 0 saturated carbocycles. The van der Waals surface area contributed by atoms with Crippen molar-refractivity contribution in [2.24, 2.45) is 5.10 Å². The van der Waals surface area contributed by atoms with Crippen molar-refractivity contribution >= 4 is 23.0 Å². The topological polar surface area (TPSA) is 37.3 Å². The second-order valence-electron chi connectivity index (χ2n) is 5.09. The summed E-state index contributed by atoms with van der Waals surface area (Å²) >= 11 is 6.17. The molecule has 0 aliphatic heterocycles.